The van der Waals surface area contributed by atoms with Crippen LogP contribution in [0.1, 0.15) is 23.5 Å². The Morgan fingerprint density at radius 2 is 2.14 bits per heavy atom. The summed E-state index contributed by atoms with van der Waals surface area (Å²) in [7, 11) is 1.80. The third-order valence-corrected chi connectivity index (χ3v) is 4.18. The van der Waals surface area contributed by atoms with Crippen molar-refractivity contribution in [1.82, 2.24) is 9.55 Å². The fourth-order valence-corrected chi connectivity index (χ4v) is 3.16. The molecule has 1 fully saturated rings. The lowest BCUT2D eigenvalue weighted by Gasteiger charge is -2.18. The Morgan fingerprint density at radius 1 is 1.38 bits per heavy atom. The summed E-state index contributed by atoms with van der Waals surface area (Å²) in [4.78, 5) is 16.7. The summed E-state index contributed by atoms with van der Waals surface area (Å²) in [6, 6.07) is 8.36. The normalized spacial score (nSPS) is 18.2. The number of aryl methyl sites for hydroxylation is 2. The van der Waals surface area contributed by atoms with Crippen LogP contribution in [0.3, 0.4) is 0 Å². The van der Waals surface area contributed by atoms with Crippen molar-refractivity contribution in [3.63, 3.8) is 0 Å². The molecular weight excluding hydrogens is 268 g/mol. The van der Waals surface area contributed by atoms with Crippen molar-refractivity contribution in [3.8, 4) is 0 Å². The first-order chi connectivity index (χ1) is 10.1. The first-order valence-corrected chi connectivity index (χ1v) is 7.04. The Hall–Kier alpha value is -2.37. The number of rotatable bonds is 3. The highest BCUT2D eigenvalue weighted by molar-refractivity contribution is 5.56. The van der Waals surface area contributed by atoms with E-state index < -0.39 is 4.92 Å². The highest BCUT2D eigenvalue weighted by Gasteiger charge is 2.32. The van der Waals surface area contributed by atoms with Gasteiger partial charge in [0.15, 0.2) is 0 Å². The Bertz CT molecular complexity index is 680. The first-order valence-electron chi connectivity index (χ1n) is 7.04. The van der Waals surface area contributed by atoms with Gasteiger partial charge in [0.05, 0.1) is 0 Å². The van der Waals surface area contributed by atoms with E-state index in [4.69, 9.17) is 0 Å². The van der Waals surface area contributed by atoms with E-state index in [1.54, 1.807) is 11.6 Å². The van der Waals surface area contributed by atoms with Crippen LogP contribution in [0.25, 0.3) is 0 Å². The van der Waals surface area contributed by atoms with Crippen molar-refractivity contribution in [2.24, 2.45) is 7.05 Å². The summed E-state index contributed by atoms with van der Waals surface area (Å²) in [6.45, 7) is 3.73. The molecule has 1 aromatic heterocycles. The van der Waals surface area contributed by atoms with Crippen LogP contribution >= 0.6 is 0 Å². The highest BCUT2D eigenvalue weighted by Crippen LogP contribution is 2.35. The van der Waals surface area contributed by atoms with Gasteiger partial charge in [0.2, 0.25) is 12.1 Å². The lowest BCUT2D eigenvalue weighted by molar-refractivity contribution is -0.388. The predicted molar refractivity (Wildman–Crippen MR) is 80.6 cm³/mol. The van der Waals surface area contributed by atoms with Crippen LogP contribution in [0, 0.1) is 17.0 Å². The molecule has 1 aliphatic heterocycles. The van der Waals surface area contributed by atoms with Gasteiger partial charge in [-0.1, -0.05) is 24.3 Å². The van der Waals surface area contributed by atoms with Gasteiger partial charge in [0.25, 0.3) is 0 Å². The average molecular weight is 286 g/mol. The smallest absolute Gasteiger partial charge is 0.358 e. The lowest BCUT2D eigenvalue weighted by atomic mass is 9.94. The molecule has 0 saturated carbocycles. The van der Waals surface area contributed by atoms with Crippen molar-refractivity contribution >= 4 is 11.6 Å². The van der Waals surface area contributed by atoms with Gasteiger partial charge in [0.1, 0.15) is 0 Å². The molecule has 0 aliphatic carbocycles. The number of nitro groups is 1. The van der Waals surface area contributed by atoms with Crippen LogP contribution in [0.4, 0.5) is 11.6 Å². The van der Waals surface area contributed by atoms with Gasteiger partial charge in [-0.3, -0.25) is 4.57 Å². The molecular formula is C15H18N4O2. The summed E-state index contributed by atoms with van der Waals surface area (Å²) in [5, 5.41) is 11.1. The zero-order chi connectivity index (χ0) is 15.0. The minimum Gasteiger partial charge on any atom is -0.358 e. The molecule has 1 aliphatic rings. The summed E-state index contributed by atoms with van der Waals surface area (Å²) in [5.41, 5.74) is 2.62. The van der Waals surface area contributed by atoms with Crippen LogP contribution in [0.5, 0.6) is 0 Å². The van der Waals surface area contributed by atoms with Crippen LogP contribution < -0.4 is 4.90 Å². The fourth-order valence-electron chi connectivity index (χ4n) is 3.16. The van der Waals surface area contributed by atoms with Gasteiger partial charge in [0, 0.05) is 26.1 Å². The van der Waals surface area contributed by atoms with Crippen LogP contribution in [-0.4, -0.2) is 27.6 Å². The summed E-state index contributed by atoms with van der Waals surface area (Å²) < 4.78 is 1.73. The van der Waals surface area contributed by atoms with Crippen LogP contribution in [-0.2, 0) is 7.05 Å². The number of imidazole rings is 1. The molecule has 1 aromatic carbocycles. The molecule has 0 radical (unpaired) electrons. The van der Waals surface area contributed by atoms with E-state index in [2.05, 4.69) is 35.0 Å². The summed E-state index contributed by atoms with van der Waals surface area (Å²) in [6.07, 6.45) is 2.52. The zero-order valence-electron chi connectivity index (χ0n) is 12.2. The number of hydrogen-bond acceptors (Lipinski definition) is 4. The van der Waals surface area contributed by atoms with Crippen LogP contribution in [0.2, 0.25) is 0 Å². The summed E-state index contributed by atoms with van der Waals surface area (Å²) >= 11 is 0. The van der Waals surface area contributed by atoms with E-state index in [-0.39, 0.29) is 5.82 Å². The number of nitrogens with zero attached hydrogens (tertiary/aromatic N) is 4. The molecule has 1 saturated heterocycles. The molecule has 2 aromatic rings. The van der Waals surface area contributed by atoms with E-state index in [0.29, 0.717) is 11.7 Å². The molecule has 0 bridgehead atoms. The van der Waals surface area contributed by atoms with Crippen LogP contribution in [0.15, 0.2) is 30.6 Å². The van der Waals surface area contributed by atoms with Crippen molar-refractivity contribution in [3.05, 3.63) is 51.8 Å². The van der Waals surface area contributed by atoms with Crippen molar-refractivity contribution < 1.29 is 4.92 Å². The SMILES string of the molecule is Cc1ccccc1[C@@H]1CCN(c2c([N+](=O)[O-])ncn2C)C1. The standard InChI is InChI=1S/C15H18N4O2/c1-11-5-3-4-6-13(11)12-7-8-18(9-12)15-14(19(20)21)16-10-17(15)2/h3-6,10,12H,7-9H2,1-2H3/t12-/m1/s1. The van der Waals surface area contributed by atoms with E-state index in [1.165, 1.54) is 17.5 Å². The minimum atomic E-state index is -0.406. The molecule has 3 rings (SSSR count). The lowest BCUT2D eigenvalue weighted by Crippen LogP contribution is -2.22. The largest absolute Gasteiger partial charge is 0.406 e. The number of anilines is 1. The maximum atomic E-state index is 11.1. The van der Waals surface area contributed by atoms with E-state index in [9.17, 15) is 10.1 Å². The monoisotopic (exact) mass is 286 g/mol. The number of aromatic nitrogens is 2. The molecule has 6 heteroatoms. The highest BCUT2D eigenvalue weighted by atomic mass is 16.6. The molecule has 1 atom stereocenters. The maximum absolute atomic E-state index is 11.1. The van der Waals surface area contributed by atoms with Crippen molar-refractivity contribution in [1.29, 1.82) is 0 Å². The second kappa shape index (κ2) is 5.20. The average Bonchev–Trinajstić information content (AvgIpc) is 3.05. The van der Waals surface area contributed by atoms with Gasteiger partial charge in [-0.15, -0.1) is 0 Å². The zero-order valence-corrected chi connectivity index (χ0v) is 12.2. The quantitative estimate of drug-likeness (QED) is 0.642. The number of benzene rings is 1. The molecule has 0 spiro atoms. The Morgan fingerprint density at radius 3 is 2.86 bits per heavy atom. The Labute approximate surface area is 123 Å². The first kappa shape index (κ1) is 13.6. The molecule has 6 nitrogen and oxygen atoms in total. The van der Waals surface area contributed by atoms with E-state index in [0.717, 1.165) is 19.5 Å². The minimum absolute atomic E-state index is 0.0528. The number of hydrogen-bond donors (Lipinski definition) is 0. The van der Waals surface area contributed by atoms with Gasteiger partial charge in [-0.05, 0) is 34.4 Å². The van der Waals surface area contributed by atoms with E-state index >= 15 is 0 Å². The molecule has 110 valence electrons. The molecule has 21 heavy (non-hydrogen) atoms. The van der Waals surface area contributed by atoms with E-state index in [1.807, 2.05) is 6.07 Å². The topological polar surface area (TPSA) is 64.2 Å². The van der Waals surface area contributed by atoms with Gasteiger partial charge in [-0.2, -0.15) is 0 Å². The Balaban J connectivity index is 1.87. The maximum Gasteiger partial charge on any atom is 0.406 e. The molecule has 2 heterocycles. The van der Waals surface area contributed by atoms with Gasteiger partial charge in [-0.25, -0.2) is 0 Å². The van der Waals surface area contributed by atoms with Crippen molar-refractivity contribution in [2.45, 2.75) is 19.3 Å². The second-order valence-corrected chi connectivity index (χ2v) is 5.55. The van der Waals surface area contributed by atoms with Gasteiger partial charge < -0.3 is 15.0 Å². The third kappa shape index (κ3) is 2.37. The van der Waals surface area contributed by atoms with Gasteiger partial charge >= 0.3 is 5.82 Å². The fraction of sp³-hybridized carbons (Fsp3) is 0.400. The third-order valence-electron chi connectivity index (χ3n) is 4.18. The molecule has 0 unspecified atom stereocenters. The predicted octanol–water partition coefficient (Wildman–Crippen LogP) is 2.63. The molecule has 0 N–H and O–H groups in total. The summed E-state index contributed by atoms with van der Waals surface area (Å²) in [5.74, 6) is 0.972. The second-order valence-electron chi connectivity index (χ2n) is 5.55. The van der Waals surface area contributed by atoms with Crippen molar-refractivity contribution in [2.75, 3.05) is 18.0 Å². The molecule has 0 amide bonds. The Kier molecular flexibility index (Phi) is 3.37.